The molecule has 0 aliphatic heterocycles. The predicted molar refractivity (Wildman–Crippen MR) is 94.3 cm³/mol. The molecule has 3 rings (SSSR count). The molecule has 0 unspecified atom stereocenters. The Kier molecular flexibility index (Phi) is 4.83. The Bertz CT molecular complexity index is 969. The van der Waals surface area contributed by atoms with Crippen molar-refractivity contribution in [3.05, 3.63) is 74.8 Å². The van der Waals surface area contributed by atoms with Crippen molar-refractivity contribution in [2.45, 2.75) is 13.1 Å². The van der Waals surface area contributed by atoms with E-state index < -0.39 is 0 Å². The lowest BCUT2D eigenvalue weighted by molar-refractivity contribution is -0.121. The minimum absolute atomic E-state index is 0.109. The van der Waals surface area contributed by atoms with Crippen LogP contribution < -0.4 is 10.9 Å². The van der Waals surface area contributed by atoms with E-state index in [0.29, 0.717) is 20.9 Å². The third-order valence-electron chi connectivity index (χ3n) is 3.54. The van der Waals surface area contributed by atoms with Crippen molar-refractivity contribution in [3.63, 3.8) is 0 Å². The molecule has 0 bridgehead atoms. The van der Waals surface area contributed by atoms with Crippen molar-refractivity contribution in [2.24, 2.45) is 0 Å². The molecule has 1 N–H and O–H groups in total. The zero-order chi connectivity index (χ0) is 17.1. The maximum atomic E-state index is 12.3. The number of para-hydroxylation sites is 1. The summed E-state index contributed by atoms with van der Waals surface area (Å²) in [6.07, 6.45) is 1.37. The molecule has 0 aliphatic rings. The molecule has 0 saturated heterocycles. The number of rotatable bonds is 4. The van der Waals surface area contributed by atoms with Crippen LogP contribution in [0.3, 0.4) is 0 Å². The standard InChI is InChI=1S/C17H13Cl2N3O2/c18-12-6-5-11(14(19)7-12)8-20-16(23)9-22-10-21-15-4-2-1-3-13(15)17(22)24/h1-7,10H,8-9H2,(H,20,23). The lowest BCUT2D eigenvalue weighted by Crippen LogP contribution is -2.32. The minimum atomic E-state index is -0.305. The van der Waals surface area contributed by atoms with Gasteiger partial charge < -0.3 is 5.32 Å². The number of nitrogens with zero attached hydrogens (tertiary/aromatic N) is 2. The molecular formula is C17H13Cl2N3O2. The summed E-state index contributed by atoms with van der Waals surface area (Å²) in [6.45, 7) is 0.145. The van der Waals surface area contributed by atoms with Crippen LogP contribution >= 0.6 is 23.2 Å². The molecule has 0 atom stereocenters. The van der Waals surface area contributed by atoms with Gasteiger partial charge in [-0.15, -0.1) is 0 Å². The molecule has 5 nitrogen and oxygen atoms in total. The molecule has 24 heavy (non-hydrogen) atoms. The van der Waals surface area contributed by atoms with E-state index in [1.54, 1.807) is 36.4 Å². The molecule has 3 aromatic rings. The summed E-state index contributed by atoms with van der Waals surface area (Å²) >= 11 is 11.9. The first-order chi connectivity index (χ1) is 11.5. The fourth-order valence-corrected chi connectivity index (χ4v) is 2.76. The van der Waals surface area contributed by atoms with Crippen LogP contribution in [-0.4, -0.2) is 15.5 Å². The zero-order valence-corrected chi connectivity index (χ0v) is 14.0. The lowest BCUT2D eigenvalue weighted by atomic mass is 10.2. The quantitative estimate of drug-likeness (QED) is 0.776. The monoisotopic (exact) mass is 361 g/mol. The molecule has 0 aliphatic carbocycles. The number of benzene rings is 2. The van der Waals surface area contributed by atoms with Crippen molar-refractivity contribution >= 4 is 40.0 Å². The molecule has 122 valence electrons. The summed E-state index contributed by atoms with van der Waals surface area (Å²) in [5, 5.41) is 4.22. The van der Waals surface area contributed by atoms with E-state index in [-0.39, 0.29) is 24.6 Å². The molecule has 1 aromatic heterocycles. The molecule has 2 aromatic carbocycles. The second-order valence-electron chi connectivity index (χ2n) is 5.21. The van der Waals surface area contributed by atoms with E-state index in [9.17, 15) is 9.59 Å². The van der Waals surface area contributed by atoms with Gasteiger partial charge in [-0.1, -0.05) is 41.4 Å². The van der Waals surface area contributed by atoms with Gasteiger partial charge in [-0.05, 0) is 29.8 Å². The van der Waals surface area contributed by atoms with Crippen LogP contribution in [0.4, 0.5) is 0 Å². The largest absolute Gasteiger partial charge is 0.350 e. The topological polar surface area (TPSA) is 64.0 Å². The summed E-state index contributed by atoms with van der Waals surface area (Å²) < 4.78 is 1.28. The van der Waals surface area contributed by atoms with Crippen LogP contribution in [0, 0.1) is 0 Å². The second kappa shape index (κ2) is 7.03. The van der Waals surface area contributed by atoms with E-state index in [1.807, 2.05) is 6.07 Å². The highest BCUT2D eigenvalue weighted by Crippen LogP contribution is 2.20. The van der Waals surface area contributed by atoms with Gasteiger partial charge in [0.2, 0.25) is 5.91 Å². The number of nitrogens with one attached hydrogen (secondary N) is 1. The minimum Gasteiger partial charge on any atom is -0.350 e. The number of amides is 1. The zero-order valence-electron chi connectivity index (χ0n) is 12.5. The molecular weight excluding hydrogens is 349 g/mol. The molecule has 0 fully saturated rings. The van der Waals surface area contributed by atoms with Crippen LogP contribution in [0.15, 0.2) is 53.6 Å². The number of hydrogen-bond acceptors (Lipinski definition) is 3. The van der Waals surface area contributed by atoms with E-state index in [2.05, 4.69) is 10.3 Å². The number of carbonyl (C=O) groups is 1. The summed E-state index contributed by atoms with van der Waals surface area (Å²) in [7, 11) is 0. The Morgan fingerprint density at radius 1 is 1.17 bits per heavy atom. The first-order valence-corrected chi connectivity index (χ1v) is 7.95. The van der Waals surface area contributed by atoms with Gasteiger partial charge in [-0.2, -0.15) is 0 Å². The number of halogens is 2. The van der Waals surface area contributed by atoms with Gasteiger partial charge in [0.1, 0.15) is 6.54 Å². The van der Waals surface area contributed by atoms with Crippen molar-refractivity contribution < 1.29 is 4.79 Å². The average Bonchev–Trinajstić information content (AvgIpc) is 2.57. The fraction of sp³-hybridized carbons (Fsp3) is 0.118. The molecule has 0 radical (unpaired) electrons. The summed E-state index contributed by atoms with van der Waals surface area (Å²) in [5.41, 5.74) is 1.10. The fourth-order valence-electron chi connectivity index (χ4n) is 2.29. The SMILES string of the molecule is O=C(Cn1cnc2ccccc2c1=O)NCc1ccc(Cl)cc1Cl. The first kappa shape index (κ1) is 16.5. The van der Waals surface area contributed by atoms with E-state index >= 15 is 0 Å². The maximum Gasteiger partial charge on any atom is 0.261 e. The Labute approximate surface area is 147 Å². The van der Waals surface area contributed by atoms with Gasteiger partial charge in [-0.3, -0.25) is 14.2 Å². The van der Waals surface area contributed by atoms with E-state index in [1.165, 1.54) is 10.9 Å². The molecule has 1 heterocycles. The van der Waals surface area contributed by atoms with Crippen molar-refractivity contribution in [1.29, 1.82) is 0 Å². The van der Waals surface area contributed by atoms with Crippen LogP contribution in [0.2, 0.25) is 10.0 Å². The summed E-state index contributed by atoms with van der Waals surface area (Å²) in [6, 6.07) is 12.1. The van der Waals surface area contributed by atoms with Crippen molar-refractivity contribution in [2.75, 3.05) is 0 Å². The molecule has 7 heteroatoms. The third kappa shape index (κ3) is 3.58. The molecule has 0 spiro atoms. The molecule has 1 amide bonds. The van der Waals surface area contributed by atoms with Crippen LogP contribution in [0.1, 0.15) is 5.56 Å². The predicted octanol–water partition coefficient (Wildman–Crippen LogP) is 3.02. The first-order valence-electron chi connectivity index (χ1n) is 7.19. The highest BCUT2D eigenvalue weighted by Gasteiger charge is 2.09. The Balaban J connectivity index is 1.71. The van der Waals surface area contributed by atoms with Gasteiger partial charge in [0, 0.05) is 16.6 Å². The van der Waals surface area contributed by atoms with Gasteiger partial charge in [0.05, 0.1) is 17.2 Å². The van der Waals surface area contributed by atoms with E-state index in [0.717, 1.165) is 5.56 Å². The van der Waals surface area contributed by atoms with Crippen LogP contribution in [0.25, 0.3) is 10.9 Å². The number of fused-ring (bicyclic) bond motifs is 1. The van der Waals surface area contributed by atoms with Gasteiger partial charge >= 0.3 is 0 Å². The second-order valence-corrected chi connectivity index (χ2v) is 6.05. The maximum absolute atomic E-state index is 12.3. The number of hydrogen-bond donors (Lipinski definition) is 1. The van der Waals surface area contributed by atoms with Gasteiger partial charge in [0.15, 0.2) is 0 Å². The Hall–Kier alpha value is -2.37. The number of carbonyl (C=O) groups excluding carboxylic acids is 1. The van der Waals surface area contributed by atoms with E-state index in [4.69, 9.17) is 23.2 Å². The highest BCUT2D eigenvalue weighted by molar-refractivity contribution is 6.35. The lowest BCUT2D eigenvalue weighted by Gasteiger charge is -2.09. The molecule has 0 saturated carbocycles. The Morgan fingerprint density at radius 2 is 1.96 bits per heavy atom. The third-order valence-corrected chi connectivity index (χ3v) is 4.12. The van der Waals surface area contributed by atoms with Crippen LogP contribution in [0.5, 0.6) is 0 Å². The Morgan fingerprint density at radius 3 is 2.75 bits per heavy atom. The summed E-state index contributed by atoms with van der Waals surface area (Å²) in [5.74, 6) is -0.305. The highest BCUT2D eigenvalue weighted by atomic mass is 35.5. The average molecular weight is 362 g/mol. The summed E-state index contributed by atoms with van der Waals surface area (Å²) in [4.78, 5) is 28.6. The normalized spacial score (nSPS) is 10.8. The van der Waals surface area contributed by atoms with Gasteiger partial charge in [-0.25, -0.2) is 4.98 Å². The van der Waals surface area contributed by atoms with Gasteiger partial charge in [0.25, 0.3) is 5.56 Å². The number of aromatic nitrogens is 2. The smallest absolute Gasteiger partial charge is 0.261 e. The van der Waals surface area contributed by atoms with Crippen LogP contribution in [-0.2, 0) is 17.9 Å². The van der Waals surface area contributed by atoms with Crippen molar-refractivity contribution in [1.82, 2.24) is 14.9 Å². The van der Waals surface area contributed by atoms with Crippen molar-refractivity contribution in [3.8, 4) is 0 Å².